The minimum atomic E-state index is -1.20. The minimum Gasteiger partial charge on any atom is -0.497 e. The topological polar surface area (TPSA) is 97.3 Å². The lowest BCUT2D eigenvalue weighted by Gasteiger charge is -2.30. The highest BCUT2D eigenvalue weighted by Gasteiger charge is 2.48. The maximum Gasteiger partial charge on any atom is 0.422 e. The van der Waals surface area contributed by atoms with Crippen LogP contribution in [0.4, 0.5) is 4.79 Å². The van der Waals surface area contributed by atoms with Gasteiger partial charge in [0, 0.05) is 0 Å². The fraction of sp³-hybridized carbons (Fsp3) is 0.364. The van der Waals surface area contributed by atoms with E-state index in [-0.39, 0.29) is 0 Å². The van der Waals surface area contributed by atoms with Gasteiger partial charge < -0.3 is 19.3 Å². The third kappa shape index (κ3) is 4.90. The van der Waals surface area contributed by atoms with E-state index in [4.69, 9.17) is 14.2 Å². The molecule has 0 aliphatic carbocycles. The van der Waals surface area contributed by atoms with Crippen molar-refractivity contribution < 1.29 is 28.9 Å². The lowest BCUT2D eigenvalue weighted by Crippen LogP contribution is -2.46. The highest BCUT2D eigenvalue weighted by molar-refractivity contribution is 5.74. The highest BCUT2D eigenvalue weighted by atomic mass is 16.6. The maximum absolute atomic E-state index is 12.5. The van der Waals surface area contributed by atoms with E-state index in [0.29, 0.717) is 16.9 Å². The molecule has 0 unspecified atom stereocenters. The summed E-state index contributed by atoms with van der Waals surface area (Å²) < 4.78 is 16.5. The molecule has 1 aliphatic heterocycles. The van der Waals surface area contributed by atoms with Gasteiger partial charge in [-0.15, -0.1) is 0 Å². The zero-order valence-corrected chi connectivity index (χ0v) is 17.4. The molecule has 2 aromatic rings. The predicted molar refractivity (Wildman–Crippen MR) is 109 cm³/mol. The Kier molecular flexibility index (Phi) is 6.28. The number of methoxy groups -OCH3 is 1. The lowest BCUT2D eigenvalue weighted by atomic mass is 10.0. The van der Waals surface area contributed by atoms with Gasteiger partial charge in [0.2, 0.25) is 0 Å². The molecule has 0 radical (unpaired) electrons. The third-order valence-corrected chi connectivity index (χ3v) is 4.52. The Morgan fingerprint density at radius 3 is 2.20 bits per heavy atom. The van der Waals surface area contributed by atoms with Crippen LogP contribution in [0.15, 0.2) is 54.6 Å². The van der Waals surface area contributed by atoms with Gasteiger partial charge in [-0.1, -0.05) is 42.5 Å². The van der Waals surface area contributed by atoms with Crippen LogP contribution in [0.25, 0.3) is 0 Å². The fourth-order valence-electron chi connectivity index (χ4n) is 3.29. The second-order valence-electron chi connectivity index (χ2n) is 7.90. The summed E-state index contributed by atoms with van der Waals surface area (Å²) in [6.07, 6.45) is -2.74. The number of carboxylic acids is 1. The molecule has 0 bridgehead atoms. The molecule has 8 heteroatoms. The molecule has 0 aromatic heterocycles. The Hall–Kier alpha value is -3.10. The van der Waals surface area contributed by atoms with Crippen molar-refractivity contribution in [1.82, 2.24) is 10.4 Å². The first-order valence-corrected chi connectivity index (χ1v) is 9.55. The van der Waals surface area contributed by atoms with Crippen molar-refractivity contribution in [2.24, 2.45) is 0 Å². The number of carbonyl (C=O) groups is 2. The molecule has 1 heterocycles. The molecule has 1 aliphatic rings. The summed E-state index contributed by atoms with van der Waals surface area (Å²) in [5, 5.41) is 11.3. The second kappa shape index (κ2) is 8.73. The van der Waals surface area contributed by atoms with E-state index in [0.717, 1.165) is 0 Å². The van der Waals surface area contributed by atoms with Gasteiger partial charge >= 0.3 is 12.1 Å². The van der Waals surface area contributed by atoms with E-state index in [1.54, 1.807) is 76.4 Å². The van der Waals surface area contributed by atoms with Crippen molar-refractivity contribution >= 4 is 12.1 Å². The van der Waals surface area contributed by atoms with Crippen LogP contribution in [-0.4, -0.2) is 41.0 Å². The van der Waals surface area contributed by atoms with Crippen LogP contribution in [0, 0.1) is 0 Å². The van der Waals surface area contributed by atoms with Crippen molar-refractivity contribution in [2.75, 3.05) is 7.11 Å². The van der Waals surface area contributed by atoms with Crippen LogP contribution < -0.4 is 10.2 Å². The number of hydrogen-bond donors (Lipinski definition) is 2. The Morgan fingerprint density at radius 2 is 1.67 bits per heavy atom. The standard InChI is InChI=1S/C22H26N2O6/c1-22(2,3)30-21(27)23-24-17(14-8-6-5-7-9-14)18(20(25)26)29-19(24)15-10-12-16(28-4)13-11-15/h5-13,17-19H,1-4H3,(H,23,27)(H,25,26)/t17-,18-,19-/m1/s1. The molecule has 0 saturated carbocycles. The number of nitrogens with one attached hydrogen (secondary N) is 1. The van der Waals surface area contributed by atoms with E-state index >= 15 is 0 Å². The molecule has 3 rings (SSSR count). The molecule has 2 aromatic carbocycles. The van der Waals surface area contributed by atoms with E-state index in [1.807, 2.05) is 6.07 Å². The Bertz CT molecular complexity index is 879. The summed E-state index contributed by atoms with van der Waals surface area (Å²) in [6, 6.07) is 15.3. The Labute approximate surface area is 175 Å². The van der Waals surface area contributed by atoms with Crippen molar-refractivity contribution in [3.8, 4) is 5.75 Å². The normalized spacial score (nSPS) is 21.8. The van der Waals surface area contributed by atoms with Gasteiger partial charge in [0.25, 0.3) is 0 Å². The van der Waals surface area contributed by atoms with Gasteiger partial charge in [0.05, 0.1) is 13.2 Å². The van der Waals surface area contributed by atoms with Gasteiger partial charge in [-0.2, -0.15) is 5.01 Å². The molecule has 0 spiro atoms. The molecular weight excluding hydrogens is 388 g/mol. The van der Waals surface area contributed by atoms with Gasteiger partial charge in [-0.3, -0.25) is 5.43 Å². The molecular formula is C22H26N2O6. The molecule has 8 nitrogen and oxygen atoms in total. The van der Waals surface area contributed by atoms with Crippen LogP contribution >= 0.6 is 0 Å². The highest BCUT2D eigenvalue weighted by Crippen LogP contribution is 2.42. The van der Waals surface area contributed by atoms with Gasteiger partial charge in [-0.05, 0) is 44.0 Å². The number of carbonyl (C=O) groups excluding carboxylic acids is 1. The number of rotatable bonds is 5. The number of aliphatic carboxylic acids is 1. The SMILES string of the molecule is COc1ccc([C@H]2O[C@@H](C(=O)O)[C@@H](c3ccccc3)N2NC(=O)OC(C)(C)C)cc1. The minimum absolute atomic E-state index is 0.651. The zero-order valence-electron chi connectivity index (χ0n) is 17.4. The summed E-state index contributed by atoms with van der Waals surface area (Å²) in [4.78, 5) is 24.6. The zero-order chi connectivity index (χ0) is 21.9. The smallest absolute Gasteiger partial charge is 0.422 e. The summed E-state index contributed by atoms with van der Waals surface area (Å²) in [5.74, 6) is -0.478. The van der Waals surface area contributed by atoms with Crippen LogP contribution in [0.3, 0.4) is 0 Å². The molecule has 160 valence electrons. The van der Waals surface area contributed by atoms with E-state index in [9.17, 15) is 14.7 Å². The average molecular weight is 414 g/mol. The molecule has 30 heavy (non-hydrogen) atoms. The van der Waals surface area contributed by atoms with E-state index in [2.05, 4.69) is 5.43 Å². The summed E-state index contributed by atoms with van der Waals surface area (Å²) >= 11 is 0. The number of hydrogen-bond acceptors (Lipinski definition) is 6. The Morgan fingerprint density at radius 1 is 1.03 bits per heavy atom. The predicted octanol–water partition coefficient (Wildman–Crippen LogP) is 3.66. The summed E-state index contributed by atoms with van der Waals surface area (Å²) in [6.45, 7) is 5.26. The largest absolute Gasteiger partial charge is 0.497 e. The van der Waals surface area contributed by atoms with Crippen LogP contribution in [-0.2, 0) is 14.3 Å². The summed E-state index contributed by atoms with van der Waals surface area (Å²) in [7, 11) is 1.56. The van der Waals surface area contributed by atoms with Gasteiger partial charge in [0.15, 0.2) is 12.3 Å². The van der Waals surface area contributed by atoms with Crippen LogP contribution in [0.5, 0.6) is 5.75 Å². The van der Waals surface area contributed by atoms with Crippen molar-refractivity contribution in [3.63, 3.8) is 0 Å². The molecule has 1 amide bonds. The number of nitrogens with zero attached hydrogens (tertiary/aromatic N) is 1. The van der Waals surface area contributed by atoms with Crippen molar-refractivity contribution in [2.45, 2.75) is 44.7 Å². The molecule has 1 saturated heterocycles. The third-order valence-electron chi connectivity index (χ3n) is 4.52. The van der Waals surface area contributed by atoms with Crippen molar-refractivity contribution in [1.29, 1.82) is 0 Å². The van der Waals surface area contributed by atoms with Gasteiger partial charge in [-0.25, -0.2) is 9.59 Å². The molecule has 1 fully saturated rings. The number of ether oxygens (including phenoxy) is 3. The Balaban J connectivity index is 2.00. The fourth-order valence-corrected chi connectivity index (χ4v) is 3.29. The monoisotopic (exact) mass is 414 g/mol. The first kappa shape index (κ1) is 21.6. The number of hydrazine groups is 1. The van der Waals surface area contributed by atoms with Crippen LogP contribution in [0.2, 0.25) is 0 Å². The van der Waals surface area contributed by atoms with Crippen LogP contribution in [0.1, 0.15) is 44.2 Å². The molecule has 3 atom stereocenters. The second-order valence-corrected chi connectivity index (χ2v) is 7.90. The first-order valence-electron chi connectivity index (χ1n) is 9.55. The van der Waals surface area contributed by atoms with Gasteiger partial charge in [0.1, 0.15) is 11.4 Å². The average Bonchev–Trinajstić information content (AvgIpc) is 3.06. The molecule has 2 N–H and O–H groups in total. The van der Waals surface area contributed by atoms with E-state index < -0.39 is 36.0 Å². The van der Waals surface area contributed by atoms with E-state index in [1.165, 1.54) is 5.01 Å². The summed E-state index contributed by atoms with van der Waals surface area (Å²) in [5.41, 5.74) is 3.34. The lowest BCUT2D eigenvalue weighted by molar-refractivity contribution is -0.150. The number of benzene rings is 2. The maximum atomic E-state index is 12.5. The number of amides is 1. The quantitative estimate of drug-likeness (QED) is 0.771. The van der Waals surface area contributed by atoms with Crippen molar-refractivity contribution in [3.05, 3.63) is 65.7 Å². The number of carboxylic acid groups (broad SMARTS) is 1. The first-order chi connectivity index (χ1) is 14.2.